The fourth-order valence-electron chi connectivity index (χ4n) is 2.21. The summed E-state index contributed by atoms with van der Waals surface area (Å²) in [6.45, 7) is 4.63. The summed E-state index contributed by atoms with van der Waals surface area (Å²) in [6.07, 6.45) is 5.83. The Bertz CT molecular complexity index is 111. The summed E-state index contributed by atoms with van der Waals surface area (Å²) in [7, 11) is 1.85. The van der Waals surface area contributed by atoms with E-state index in [1.54, 1.807) is 0 Å². The van der Waals surface area contributed by atoms with Gasteiger partial charge in [-0.05, 0) is 31.1 Å². The van der Waals surface area contributed by atoms with E-state index in [-0.39, 0.29) is 0 Å². The molecule has 0 saturated heterocycles. The Balaban J connectivity index is 2.41. The molecule has 0 aliphatic heterocycles. The van der Waals surface area contributed by atoms with Crippen LogP contribution in [0.3, 0.4) is 0 Å². The van der Waals surface area contributed by atoms with Crippen molar-refractivity contribution in [1.82, 2.24) is 0 Å². The van der Waals surface area contributed by atoms with Gasteiger partial charge < -0.3 is 4.74 Å². The number of hydrogen-bond acceptors (Lipinski definition) is 1. The van der Waals surface area contributed by atoms with Crippen molar-refractivity contribution in [2.45, 2.75) is 45.6 Å². The Morgan fingerprint density at radius 2 is 2.09 bits per heavy atom. The highest BCUT2D eigenvalue weighted by Gasteiger charge is 2.26. The molecule has 1 aliphatic rings. The van der Waals surface area contributed by atoms with E-state index in [0.29, 0.717) is 6.10 Å². The molecule has 0 aromatic heterocycles. The van der Waals surface area contributed by atoms with Gasteiger partial charge in [0, 0.05) is 7.11 Å². The lowest BCUT2D eigenvalue weighted by atomic mass is 9.79. The van der Waals surface area contributed by atoms with Gasteiger partial charge in [0.05, 0.1) is 6.10 Å². The van der Waals surface area contributed by atoms with Crippen LogP contribution in [0.25, 0.3) is 0 Å². The van der Waals surface area contributed by atoms with E-state index in [4.69, 9.17) is 4.74 Å². The van der Waals surface area contributed by atoms with Crippen molar-refractivity contribution in [2.75, 3.05) is 7.11 Å². The van der Waals surface area contributed by atoms with Crippen LogP contribution in [-0.2, 0) is 4.74 Å². The molecule has 0 spiro atoms. The highest BCUT2D eigenvalue weighted by atomic mass is 16.5. The van der Waals surface area contributed by atoms with E-state index in [2.05, 4.69) is 13.8 Å². The number of methoxy groups -OCH3 is 1. The van der Waals surface area contributed by atoms with Gasteiger partial charge in [-0.1, -0.05) is 20.3 Å². The maximum absolute atomic E-state index is 5.44. The van der Waals surface area contributed by atoms with Crippen molar-refractivity contribution in [1.29, 1.82) is 0 Å². The number of rotatable bonds is 2. The molecule has 0 bridgehead atoms. The summed E-state index contributed by atoms with van der Waals surface area (Å²) in [4.78, 5) is 0. The van der Waals surface area contributed by atoms with E-state index in [1.807, 2.05) is 7.11 Å². The minimum Gasteiger partial charge on any atom is -0.381 e. The molecule has 1 nitrogen and oxygen atoms in total. The smallest absolute Gasteiger partial charge is 0.0599 e. The highest BCUT2D eigenvalue weighted by Crippen LogP contribution is 2.32. The van der Waals surface area contributed by atoms with E-state index >= 15 is 0 Å². The third kappa shape index (κ3) is 2.19. The summed E-state index contributed by atoms with van der Waals surface area (Å²) in [5, 5.41) is 0. The van der Waals surface area contributed by atoms with Crippen LogP contribution >= 0.6 is 0 Å². The van der Waals surface area contributed by atoms with Gasteiger partial charge in [-0.25, -0.2) is 0 Å². The summed E-state index contributed by atoms with van der Waals surface area (Å²) in [5.41, 5.74) is 0. The number of ether oxygens (including phenoxy) is 1. The SMILES string of the molecule is CC[C@H]1C[C@@H](C)CC[C@H]1OC. The van der Waals surface area contributed by atoms with Crippen molar-refractivity contribution in [2.24, 2.45) is 11.8 Å². The third-order valence-electron chi connectivity index (χ3n) is 3.00. The summed E-state index contributed by atoms with van der Waals surface area (Å²) >= 11 is 0. The van der Waals surface area contributed by atoms with Gasteiger partial charge in [-0.15, -0.1) is 0 Å². The van der Waals surface area contributed by atoms with Crippen molar-refractivity contribution in [3.05, 3.63) is 0 Å². The lowest BCUT2D eigenvalue weighted by Crippen LogP contribution is -2.29. The first-order valence-corrected chi connectivity index (χ1v) is 4.80. The second-order valence-electron chi connectivity index (χ2n) is 3.86. The monoisotopic (exact) mass is 156 g/mol. The van der Waals surface area contributed by atoms with Gasteiger partial charge in [0.25, 0.3) is 0 Å². The first kappa shape index (κ1) is 9.05. The fraction of sp³-hybridized carbons (Fsp3) is 1.00. The van der Waals surface area contributed by atoms with Crippen LogP contribution in [0.5, 0.6) is 0 Å². The predicted molar refractivity (Wildman–Crippen MR) is 47.6 cm³/mol. The molecule has 11 heavy (non-hydrogen) atoms. The van der Waals surface area contributed by atoms with Gasteiger partial charge in [-0.2, -0.15) is 0 Å². The van der Waals surface area contributed by atoms with Gasteiger partial charge in [0.2, 0.25) is 0 Å². The quantitative estimate of drug-likeness (QED) is 0.597. The molecule has 0 heterocycles. The molecule has 0 radical (unpaired) electrons. The minimum atomic E-state index is 0.552. The second kappa shape index (κ2) is 4.10. The highest BCUT2D eigenvalue weighted by molar-refractivity contribution is 4.77. The summed E-state index contributed by atoms with van der Waals surface area (Å²) in [5.74, 6) is 1.75. The zero-order valence-corrected chi connectivity index (χ0v) is 7.97. The van der Waals surface area contributed by atoms with Crippen LogP contribution in [0.15, 0.2) is 0 Å². The first-order chi connectivity index (χ1) is 5.27. The van der Waals surface area contributed by atoms with Crippen molar-refractivity contribution in [3.8, 4) is 0 Å². The lowest BCUT2D eigenvalue weighted by molar-refractivity contribution is 0.00922. The fourth-order valence-corrected chi connectivity index (χ4v) is 2.21. The third-order valence-corrected chi connectivity index (χ3v) is 3.00. The van der Waals surface area contributed by atoms with Crippen LogP contribution in [-0.4, -0.2) is 13.2 Å². The topological polar surface area (TPSA) is 9.23 Å². The molecule has 66 valence electrons. The summed E-state index contributed by atoms with van der Waals surface area (Å²) < 4.78 is 5.44. The van der Waals surface area contributed by atoms with Crippen LogP contribution in [0.2, 0.25) is 0 Å². The van der Waals surface area contributed by atoms with Crippen LogP contribution in [0, 0.1) is 11.8 Å². The molecule has 0 amide bonds. The number of hydrogen-bond donors (Lipinski definition) is 0. The van der Waals surface area contributed by atoms with Crippen LogP contribution < -0.4 is 0 Å². The standard InChI is InChI=1S/C10H20O/c1-4-9-7-8(2)5-6-10(9)11-3/h8-10H,4-7H2,1-3H3/t8-,9-,10+/m0/s1. The molecule has 1 rings (SSSR count). The molecule has 1 fully saturated rings. The van der Waals surface area contributed by atoms with Crippen LogP contribution in [0.1, 0.15) is 39.5 Å². The molecule has 1 saturated carbocycles. The molecular weight excluding hydrogens is 136 g/mol. The van der Waals surface area contributed by atoms with Gasteiger partial charge in [0.15, 0.2) is 0 Å². The van der Waals surface area contributed by atoms with Crippen molar-refractivity contribution in [3.63, 3.8) is 0 Å². The molecular formula is C10H20O. The second-order valence-corrected chi connectivity index (χ2v) is 3.86. The van der Waals surface area contributed by atoms with E-state index in [9.17, 15) is 0 Å². The average molecular weight is 156 g/mol. The molecule has 0 aromatic rings. The largest absolute Gasteiger partial charge is 0.381 e. The Labute approximate surface area is 70.1 Å². The predicted octanol–water partition coefficient (Wildman–Crippen LogP) is 2.85. The first-order valence-electron chi connectivity index (χ1n) is 4.80. The van der Waals surface area contributed by atoms with E-state index < -0.39 is 0 Å². The molecule has 0 N–H and O–H groups in total. The van der Waals surface area contributed by atoms with Gasteiger partial charge >= 0.3 is 0 Å². The zero-order chi connectivity index (χ0) is 8.27. The lowest BCUT2D eigenvalue weighted by Gasteiger charge is -2.33. The minimum absolute atomic E-state index is 0.552. The Hall–Kier alpha value is -0.0400. The van der Waals surface area contributed by atoms with Gasteiger partial charge in [0.1, 0.15) is 0 Å². The van der Waals surface area contributed by atoms with Crippen LogP contribution in [0.4, 0.5) is 0 Å². The molecule has 0 unspecified atom stereocenters. The Kier molecular flexibility index (Phi) is 3.38. The molecule has 3 atom stereocenters. The maximum Gasteiger partial charge on any atom is 0.0599 e. The maximum atomic E-state index is 5.44. The average Bonchev–Trinajstić information content (AvgIpc) is 2.04. The normalized spacial score (nSPS) is 39.0. The van der Waals surface area contributed by atoms with E-state index in [1.165, 1.54) is 25.7 Å². The van der Waals surface area contributed by atoms with E-state index in [0.717, 1.165) is 11.8 Å². The van der Waals surface area contributed by atoms with Crippen molar-refractivity contribution < 1.29 is 4.74 Å². The molecule has 0 aromatic carbocycles. The molecule has 1 aliphatic carbocycles. The van der Waals surface area contributed by atoms with Crippen molar-refractivity contribution >= 4 is 0 Å². The Morgan fingerprint density at radius 3 is 2.64 bits per heavy atom. The Morgan fingerprint density at radius 1 is 1.36 bits per heavy atom. The molecule has 1 heteroatoms. The zero-order valence-electron chi connectivity index (χ0n) is 7.97. The summed E-state index contributed by atoms with van der Waals surface area (Å²) in [6, 6.07) is 0. The van der Waals surface area contributed by atoms with Gasteiger partial charge in [-0.3, -0.25) is 0 Å².